The molecular formula is C12H15ClFNO3. The second kappa shape index (κ2) is 5.02. The minimum Gasteiger partial charge on any atom is -0.508 e. The van der Waals surface area contributed by atoms with Crippen LogP contribution in [0.1, 0.15) is 25.5 Å². The van der Waals surface area contributed by atoms with Crippen molar-refractivity contribution in [2.45, 2.75) is 19.9 Å². The van der Waals surface area contributed by atoms with Gasteiger partial charge in [-0.15, -0.1) is 12.4 Å². The summed E-state index contributed by atoms with van der Waals surface area (Å²) >= 11 is 0. The van der Waals surface area contributed by atoms with Gasteiger partial charge in [0.1, 0.15) is 18.2 Å². The average molecular weight is 276 g/mol. The van der Waals surface area contributed by atoms with E-state index in [4.69, 9.17) is 4.74 Å². The van der Waals surface area contributed by atoms with Gasteiger partial charge in [0, 0.05) is 11.0 Å². The number of benzene rings is 1. The number of hydrogen-bond acceptors (Lipinski definition) is 3. The van der Waals surface area contributed by atoms with Crippen LogP contribution in [-0.4, -0.2) is 17.8 Å². The zero-order valence-corrected chi connectivity index (χ0v) is 10.9. The highest BCUT2D eigenvalue weighted by Crippen LogP contribution is 2.39. The van der Waals surface area contributed by atoms with Crippen LogP contribution in [0.5, 0.6) is 5.75 Å². The molecule has 1 aromatic carbocycles. The van der Waals surface area contributed by atoms with E-state index in [2.05, 4.69) is 5.32 Å². The number of amides is 1. The molecule has 18 heavy (non-hydrogen) atoms. The molecular weight excluding hydrogens is 261 g/mol. The summed E-state index contributed by atoms with van der Waals surface area (Å²) in [6, 6.07) is 3.21. The minimum atomic E-state index is -0.557. The number of hydrogen-bond donors (Lipinski definition) is 2. The summed E-state index contributed by atoms with van der Waals surface area (Å²) in [4.78, 5) is 11.2. The molecule has 0 bridgehead atoms. The molecule has 0 aromatic heterocycles. The normalized spacial score (nSPS) is 21.5. The molecule has 0 spiro atoms. The molecule has 0 saturated carbocycles. The number of halogens is 2. The van der Waals surface area contributed by atoms with Crippen molar-refractivity contribution in [3.8, 4) is 5.75 Å². The molecule has 1 aromatic rings. The minimum absolute atomic E-state index is 0. The summed E-state index contributed by atoms with van der Waals surface area (Å²) in [5.41, 5.74) is -0.0502. The van der Waals surface area contributed by atoms with Crippen molar-refractivity contribution >= 4 is 18.5 Å². The van der Waals surface area contributed by atoms with Crippen LogP contribution in [0.2, 0.25) is 0 Å². The summed E-state index contributed by atoms with van der Waals surface area (Å²) in [6.07, 6.45) is -0.557. The Morgan fingerprint density at radius 1 is 1.50 bits per heavy atom. The number of rotatable bonds is 1. The first-order valence-electron chi connectivity index (χ1n) is 5.32. The molecule has 2 N–H and O–H groups in total. The molecule has 0 radical (unpaired) electrons. The van der Waals surface area contributed by atoms with E-state index in [0.29, 0.717) is 5.56 Å². The number of carbonyl (C=O) groups excluding carboxylic acids is 1. The Morgan fingerprint density at radius 2 is 2.17 bits per heavy atom. The summed E-state index contributed by atoms with van der Waals surface area (Å²) in [6.45, 7) is 3.97. The smallest absolute Gasteiger partial charge is 0.407 e. The van der Waals surface area contributed by atoms with E-state index in [1.807, 2.05) is 13.8 Å². The lowest BCUT2D eigenvalue weighted by molar-refractivity contribution is 0.0380. The van der Waals surface area contributed by atoms with Gasteiger partial charge in [-0.2, -0.15) is 0 Å². The number of ether oxygens (including phenoxy) is 1. The monoisotopic (exact) mass is 275 g/mol. The van der Waals surface area contributed by atoms with Crippen LogP contribution in [0, 0.1) is 11.2 Å². The SMILES string of the molecule is CC1(C)COC(=O)N[C@@H]1c1cc(F)ccc1O.Cl. The first-order chi connectivity index (χ1) is 7.90. The number of aromatic hydroxyl groups is 1. The molecule has 1 fully saturated rings. The predicted octanol–water partition coefficient (Wildman–Crippen LogP) is 2.76. The van der Waals surface area contributed by atoms with Gasteiger partial charge in [-0.3, -0.25) is 0 Å². The van der Waals surface area contributed by atoms with Crippen molar-refractivity contribution in [3.05, 3.63) is 29.6 Å². The van der Waals surface area contributed by atoms with Crippen molar-refractivity contribution in [1.82, 2.24) is 5.32 Å². The Bertz CT molecular complexity index is 465. The molecule has 6 heteroatoms. The van der Waals surface area contributed by atoms with Crippen LogP contribution >= 0.6 is 12.4 Å². The Balaban J connectivity index is 0.00000162. The van der Waals surface area contributed by atoms with Crippen molar-refractivity contribution in [3.63, 3.8) is 0 Å². The van der Waals surface area contributed by atoms with Gasteiger partial charge < -0.3 is 15.2 Å². The molecule has 1 aliphatic rings. The van der Waals surface area contributed by atoms with Crippen molar-refractivity contribution in [1.29, 1.82) is 0 Å². The van der Waals surface area contributed by atoms with E-state index in [-0.39, 0.29) is 24.8 Å². The zero-order chi connectivity index (χ0) is 12.6. The van der Waals surface area contributed by atoms with Crippen LogP contribution in [-0.2, 0) is 4.74 Å². The topological polar surface area (TPSA) is 58.6 Å². The van der Waals surface area contributed by atoms with Gasteiger partial charge in [-0.1, -0.05) is 13.8 Å². The van der Waals surface area contributed by atoms with Crippen LogP contribution in [0.3, 0.4) is 0 Å². The van der Waals surface area contributed by atoms with Crippen molar-refractivity contribution in [2.75, 3.05) is 6.61 Å². The highest BCUT2D eigenvalue weighted by Gasteiger charge is 2.39. The molecule has 1 saturated heterocycles. The second-order valence-electron chi connectivity index (χ2n) is 4.85. The first-order valence-corrected chi connectivity index (χ1v) is 5.32. The average Bonchev–Trinajstić information content (AvgIpc) is 2.26. The third kappa shape index (κ3) is 2.67. The third-order valence-electron chi connectivity index (χ3n) is 2.92. The van der Waals surface area contributed by atoms with Crippen LogP contribution in [0.4, 0.5) is 9.18 Å². The predicted molar refractivity (Wildman–Crippen MR) is 66.3 cm³/mol. The summed E-state index contributed by atoms with van der Waals surface area (Å²) < 4.78 is 18.1. The maximum absolute atomic E-state index is 13.2. The van der Waals surface area contributed by atoms with E-state index < -0.39 is 23.4 Å². The van der Waals surface area contributed by atoms with Crippen molar-refractivity contribution in [2.24, 2.45) is 5.41 Å². The van der Waals surface area contributed by atoms with E-state index in [9.17, 15) is 14.3 Å². The maximum atomic E-state index is 13.2. The fraction of sp³-hybridized carbons (Fsp3) is 0.417. The molecule has 1 heterocycles. The van der Waals surface area contributed by atoms with E-state index in [1.54, 1.807) is 0 Å². The second-order valence-corrected chi connectivity index (χ2v) is 4.85. The van der Waals surface area contributed by atoms with Crippen LogP contribution < -0.4 is 5.32 Å². The molecule has 1 amide bonds. The van der Waals surface area contributed by atoms with Crippen molar-refractivity contribution < 1.29 is 19.0 Å². The number of phenolic OH excluding ortho intramolecular Hbond substituents is 1. The molecule has 0 unspecified atom stereocenters. The Hall–Kier alpha value is -1.49. The van der Waals surface area contributed by atoms with Gasteiger partial charge in [0.25, 0.3) is 0 Å². The highest BCUT2D eigenvalue weighted by molar-refractivity contribution is 5.85. The van der Waals surface area contributed by atoms with E-state index >= 15 is 0 Å². The maximum Gasteiger partial charge on any atom is 0.407 e. The van der Waals surface area contributed by atoms with E-state index in [0.717, 1.165) is 0 Å². The molecule has 100 valence electrons. The Kier molecular flexibility index (Phi) is 4.06. The molecule has 4 nitrogen and oxygen atoms in total. The molecule has 2 rings (SSSR count). The molecule has 1 atom stereocenters. The number of phenols is 1. The molecule has 1 aliphatic heterocycles. The summed E-state index contributed by atoms with van der Waals surface area (Å²) in [5, 5.41) is 12.4. The standard InChI is InChI=1S/C12H14FNO3.ClH/c1-12(2)6-17-11(16)14-10(12)8-5-7(13)3-4-9(8)15;/h3-5,10,15H,6H2,1-2H3,(H,14,16);1H/t10-;/m1./s1. The lowest BCUT2D eigenvalue weighted by atomic mass is 9.80. The number of carbonyl (C=O) groups is 1. The van der Waals surface area contributed by atoms with Gasteiger partial charge in [-0.25, -0.2) is 9.18 Å². The summed E-state index contributed by atoms with van der Waals surface area (Å²) in [7, 11) is 0. The van der Waals surface area contributed by atoms with Crippen LogP contribution in [0.15, 0.2) is 18.2 Å². The van der Waals surface area contributed by atoms with Gasteiger partial charge in [0.2, 0.25) is 0 Å². The lowest BCUT2D eigenvalue weighted by Crippen LogP contribution is -2.46. The van der Waals surface area contributed by atoms with Gasteiger partial charge in [-0.05, 0) is 18.2 Å². The first kappa shape index (κ1) is 14.6. The fourth-order valence-corrected chi connectivity index (χ4v) is 1.95. The molecule has 0 aliphatic carbocycles. The van der Waals surface area contributed by atoms with Gasteiger partial charge in [0.05, 0.1) is 6.04 Å². The van der Waals surface area contributed by atoms with Crippen LogP contribution in [0.25, 0.3) is 0 Å². The lowest BCUT2D eigenvalue weighted by Gasteiger charge is -2.38. The van der Waals surface area contributed by atoms with Gasteiger partial charge in [0.15, 0.2) is 0 Å². The fourth-order valence-electron chi connectivity index (χ4n) is 1.95. The number of nitrogens with one attached hydrogen (secondary N) is 1. The van der Waals surface area contributed by atoms with Gasteiger partial charge >= 0.3 is 6.09 Å². The Labute approximate surface area is 111 Å². The number of alkyl carbamates (subject to hydrolysis) is 1. The largest absolute Gasteiger partial charge is 0.508 e. The highest BCUT2D eigenvalue weighted by atomic mass is 35.5. The van der Waals surface area contributed by atoms with E-state index in [1.165, 1.54) is 18.2 Å². The third-order valence-corrected chi connectivity index (χ3v) is 2.92. The summed E-state index contributed by atoms with van der Waals surface area (Å²) in [5.74, 6) is -0.485. The zero-order valence-electron chi connectivity index (χ0n) is 10.1. The Morgan fingerprint density at radius 3 is 2.83 bits per heavy atom. The number of cyclic esters (lactones) is 1. The quantitative estimate of drug-likeness (QED) is 0.828.